The summed E-state index contributed by atoms with van der Waals surface area (Å²) >= 11 is 5.87. The van der Waals surface area contributed by atoms with Crippen LogP contribution in [0.25, 0.3) is 0 Å². The van der Waals surface area contributed by atoms with Crippen LogP contribution in [0.15, 0.2) is 29.2 Å². The first-order valence-electron chi connectivity index (χ1n) is 6.25. The van der Waals surface area contributed by atoms with E-state index in [-0.39, 0.29) is 11.2 Å². The zero-order valence-electron chi connectivity index (χ0n) is 10.2. The highest BCUT2D eigenvalue weighted by Gasteiger charge is 2.35. The molecule has 2 atom stereocenters. The number of hydrogen-bond acceptors (Lipinski definition) is 3. The van der Waals surface area contributed by atoms with Crippen molar-refractivity contribution in [2.45, 2.75) is 35.8 Å². The van der Waals surface area contributed by atoms with Crippen molar-refractivity contribution in [2.75, 3.05) is 6.54 Å². The van der Waals surface area contributed by atoms with Crippen molar-refractivity contribution in [3.05, 3.63) is 29.3 Å². The van der Waals surface area contributed by atoms with Crippen LogP contribution in [0.5, 0.6) is 0 Å². The zero-order valence-corrected chi connectivity index (χ0v) is 11.8. The highest BCUT2D eigenvalue weighted by atomic mass is 35.5. The Hall–Kier alpha value is -0.580. The van der Waals surface area contributed by atoms with Crippen molar-refractivity contribution in [3.63, 3.8) is 0 Å². The van der Waals surface area contributed by atoms with Crippen LogP contribution in [0, 0.1) is 5.92 Å². The molecule has 0 aromatic heterocycles. The fourth-order valence-electron chi connectivity index (χ4n) is 2.67. The summed E-state index contributed by atoms with van der Waals surface area (Å²) in [6.45, 7) is 0.435. The third-order valence-corrected chi connectivity index (χ3v) is 6.23. The number of benzene rings is 1. The summed E-state index contributed by atoms with van der Waals surface area (Å²) in [5.74, 6) is 0.0720. The summed E-state index contributed by atoms with van der Waals surface area (Å²) in [6, 6.07) is 6.50. The van der Waals surface area contributed by atoms with Gasteiger partial charge in [0.05, 0.1) is 10.1 Å². The van der Waals surface area contributed by atoms with Crippen LogP contribution in [-0.2, 0) is 9.84 Å². The van der Waals surface area contributed by atoms with Crippen LogP contribution in [-0.4, -0.2) is 20.2 Å². The summed E-state index contributed by atoms with van der Waals surface area (Å²) in [4.78, 5) is 0.320. The molecule has 0 amide bonds. The Balaban J connectivity index is 2.35. The fourth-order valence-corrected chi connectivity index (χ4v) is 5.07. The van der Waals surface area contributed by atoms with Gasteiger partial charge < -0.3 is 5.73 Å². The Bertz CT molecular complexity index is 515. The minimum atomic E-state index is -3.31. The molecule has 0 aliphatic heterocycles. The summed E-state index contributed by atoms with van der Waals surface area (Å²) in [5, 5.41) is 0.103. The number of sulfone groups is 1. The van der Waals surface area contributed by atoms with Crippen LogP contribution in [0.1, 0.15) is 25.7 Å². The molecule has 0 radical (unpaired) electrons. The molecule has 1 aromatic carbocycles. The smallest absolute Gasteiger partial charge is 0.181 e. The second-order valence-electron chi connectivity index (χ2n) is 4.82. The molecule has 3 nitrogen and oxygen atoms in total. The Morgan fingerprint density at radius 2 is 2.00 bits per heavy atom. The predicted octanol–water partition coefficient (Wildman–Crippen LogP) is 2.63. The van der Waals surface area contributed by atoms with E-state index >= 15 is 0 Å². The molecule has 0 saturated heterocycles. The number of hydrogen-bond donors (Lipinski definition) is 1. The maximum Gasteiger partial charge on any atom is 0.181 e. The van der Waals surface area contributed by atoms with Crippen molar-refractivity contribution in [1.29, 1.82) is 0 Å². The molecular formula is C13H18ClNO2S. The van der Waals surface area contributed by atoms with Gasteiger partial charge >= 0.3 is 0 Å². The summed E-state index contributed by atoms with van der Waals surface area (Å²) in [5.41, 5.74) is 5.71. The molecule has 0 spiro atoms. The third-order valence-electron chi connectivity index (χ3n) is 3.67. The van der Waals surface area contributed by atoms with Crippen molar-refractivity contribution < 1.29 is 8.42 Å². The monoisotopic (exact) mass is 287 g/mol. The molecule has 2 rings (SSSR count). The van der Waals surface area contributed by atoms with E-state index in [1.807, 2.05) is 0 Å². The second-order valence-corrected chi connectivity index (χ2v) is 7.42. The topological polar surface area (TPSA) is 60.2 Å². The largest absolute Gasteiger partial charge is 0.330 e. The van der Waals surface area contributed by atoms with E-state index in [9.17, 15) is 8.42 Å². The van der Waals surface area contributed by atoms with E-state index < -0.39 is 9.84 Å². The van der Waals surface area contributed by atoms with Crippen LogP contribution in [0.3, 0.4) is 0 Å². The van der Waals surface area contributed by atoms with Gasteiger partial charge in [0.25, 0.3) is 0 Å². The van der Waals surface area contributed by atoms with E-state index in [1.165, 1.54) is 6.07 Å². The van der Waals surface area contributed by atoms with Crippen LogP contribution in [0.4, 0.5) is 0 Å². The van der Waals surface area contributed by atoms with Gasteiger partial charge in [0.15, 0.2) is 9.84 Å². The van der Waals surface area contributed by atoms with Gasteiger partial charge in [0, 0.05) is 5.02 Å². The molecular weight excluding hydrogens is 270 g/mol. The van der Waals surface area contributed by atoms with Crippen molar-refractivity contribution in [2.24, 2.45) is 11.7 Å². The number of halogens is 1. The van der Waals surface area contributed by atoms with Crippen molar-refractivity contribution >= 4 is 21.4 Å². The summed E-state index contributed by atoms with van der Waals surface area (Å²) in [7, 11) is -3.31. The van der Waals surface area contributed by atoms with E-state index in [0.717, 1.165) is 19.3 Å². The number of rotatable bonds is 3. The third kappa shape index (κ3) is 2.71. The van der Waals surface area contributed by atoms with Gasteiger partial charge in [0.2, 0.25) is 0 Å². The van der Waals surface area contributed by atoms with Gasteiger partial charge in [-0.05, 0) is 43.5 Å². The molecule has 1 fully saturated rings. The predicted molar refractivity (Wildman–Crippen MR) is 73.4 cm³/mol. The van der Waals surface area contributed by atoms with Crippen molar-refractivity contribution in [1.82, 2.24) is 0 Å². The highest BCUT2D eigenvalue weighted by Crippen LogP contribution is 2.33. The van der Waals surface area contributed by atoms with Gasteiger partial charge in [-0.25, -0.2) is 8.42 Å². The normalized spacial score (nSPS) is 25.0. The van der Waals surface area contributed by atoms with Gasteiger partial charge in [-0.2, -0.15) is 0 Å². The van der Waals surface area contributed by atoms with E-state index in [4.69, 9.17) is 17.3 Å². The molecule has 1 aliphatic rings. The van der Waals surface area contributed by atoms with Gasteiger partial charge in [-0.1, -0.05) is 30.5 Å². The molecule has 5 heteroatoms. The lowest BCUT2D eigenvalue weighted by Crippen LogP contribution is -2.37. The Kier molecular flexibility index (Phi) is 4.30. The van der Waals surface area contributed by atoms with E-state index in [0.29, 0.717) is 22.9 Å². The number of nitrogens with two attached hydrogens (primary N) is 1. The van der Waals surface area contributed by atoms with Gasteiger partial charge in [0.1, 0.15) is 0 Å². The van der Waals surface area contributed by atoms with Crippen LogP contribution >= 0.6 is 11.6 Å². The molecule has 18 heavy (non-hydrogen) atoms. The zero-order chi connectivity index (χ0) is 13.2. The highest BCUT2D eigenvalue weighted by molar-refractivity contribution is 7.92. The van der Waals surface area contributed by atoms with Gasteiger partial charge in [-0.15, -0.1) is 0 Å². The molecule has 0 heterocycles. The lowest BCUT2D eigenvalue weighted by Gasteiger charge is -2.30. The molecule has 1 aromatic rings. The minimum Gasteiger partial charge on any atom is -0.330 e. The molecule has 100 valence electrons. The standard InChI is InChI=1S/C13H18ClNO2S/c14-11-5-3-6-12(8-11)18(16,17)13-7-2-1-4-10(13)9-15/h3,5-6,8,10,13H,1-2,4,7,9,15H2. The molecule has 1 saturated carbocycles. The quantitative estimate of drug-likeness (QED) is 0.930. The van der Waals surface area contributed by atoms with Crippen LogP contribution < -0.4 is 5.73 Å². The maximum atomic E-state index is 12.6. The van der Waals surface area contributed by atoms with E-state index in [2.05, 4.69) is 0 Å². The summed E-state index contributed by atoms with van der Waals surface area (Å²) in [6.07, 6.45) is 3.64. The summed E-state index contributed by atoms with van der Waals surface area (Å²) < 4.78 is 25.2. The molecule has 1 aliphatic carbocycles. The SMILES string of the molecule is NCC1CCCCC1S(=O)(=O)c1cccc(Cl)c1. The Morgan fingerprint density at radius 1 is 1.28 bits per heavy atom. The van der Waals surface area contributed by atoms with Crippen molar-refractivity contribution in [3.8, 4) is 0 Å². The first kappa shape index (κ1) is 13.8. The first-order valence-corrected chi connectivity index (χ1v) is 8.17. The molecule has 2 unspecified atom stereocenters. The van der Waals surface area contributed by atoms with Crippen LogP contribution in [0.2, 0.25) is 5.02 Å². The maximum absolute atomic E-state index is 12.6. The average molecular weight is 288 g/mol. The first-order chi connectivity index (χ1) is 8.55. The second kappa shape index (κ2) is 5.59. The molecule has 0 bridgehead atoms. The van der Waals surface area contributed by atoms with E-state index in [1.54, 1.807) is 18.2 Å². The lowest BCUT2D eigenvalue weighted by molar-refractivity contribution is 0.363. The average Bonchev–Trinajstić information content (AvgIpc) is 2.38. The lowest BCUT2D eigenvalue weighted by atomic mass is 9.89. The fraction of sp³-hybridized carbons (Fsp3) is 0.538. The molecule has 2 N–H and O–H groups in total. The minimum absolute atomic E-state index is 0.0720. The van der Waals surface area contributed by atoms with Gasteiger partial charge in [-0.3, -0.25) is 0 Å². The Labute approximate surface area is 113 Å². The Morgan fingerprint density at radius 3 is 2.67 bits per heavy atom.